The third-order valence-corrected chi connectivity index (χ3v) is 5.56. The Hall–Kier alpha value is -3.32. The molecule has 7 heteroatoms. The highest BCUT2D eigenvalue weighted by Crippen LogP contribution is 2.25. The van der Waals surface area contributed by atoms with Crippen molar-refractivity contribution >= 4 is 34.1 Å². The van der Waals surface area contributed by atoms with Crippen molar-refractivity contribution in [2.75, 3.05) is 12.4 Å². The van der Waals surface area contributed by atoms with Gasteiger partial charge in [-0.1, -0.05) is 54.2 Å². The maximum Gasteiger partial charge on any atom is 0.277 e. The van der Waals surface area contributed by atoms with Crippen LogP contribution in [-0.2, 0) is 11.2 Å². The minimum atomic E-state index is -0.384. The molecule has 0 radical (unpaired) electrons. The maximum absolute atomic E-state index is 12.6. The second-order valence-corrected chi connectivity index (χ2v) is 8.09. The first-order chi connectivity index (χ1) is 14.6. The molecular formula is C23H21N3O3S. The molecule has 0 bridgehead atoms. The number of hydrogen-bond donors (Lipinski definition) is 1. The summed E-state index contributed by atoms with van der Waals surface area (Å²) < 4.78 is 10.9. The summed E-state index contributed by atoms with van der Waals surface area (Å²) in [6.45, 7) is 1.81. The van der Waals surface area contributed by atoms with E-state index in [0.717, 1.165) is 27.8 Å². The molecule has 0 unspecified atom stereocenters. The van der Waals surface area contributed by atoms with Crippen LogP contribution in [0.15, 0.2) is 76.4 Å². The minimum absolute atomic E-state index is 0.120. The topological polar surface area (TPSA) is 77.2 Å². The van der Waals surface area contributed by atoms with Crippen molar-refractivity contribution in [2.45, 2.75) is 23.8 Å². The van der Waals surface area contributed by atoms with Crippen molar-refractivity contribution in [1.29, 1.82) is 0 Å². The summed E-state index contributed by atoms with van der Waals surface area (Å²) >= 11 is 1.24. The molecule has 4 rings (SSSR count). The number of nitrogens with one attached hydrogen (secondary N) is 1. The van der Waals surface area contributed by atoms with Gasteiger partial charge in [0.05, 0.1) is 18.8 Å². The fraction of sp³-hybridized carbons (Fsp3) is 0.174. The van der Waals surface area contributed by atoms with Crippen LogP contribution >= 0.6 is 11.8 Å². The molecule has 30 heavy (non-hydrogen) atoms. The zero-order valence-corrected chi connectivity index (χ0v) is 17.5. The van der Waals surface area contributed by atoms with Crippen molar-refractivity contribution in [2.24, 2.45) is 0 Å². The smallest absolute Gasteiger partial charge is 0.277 e. The number of rotatable bonds is 7. The van der Waals surface area contributed by atoms with E-state index in [-0.39, 0.29) is 11.2 Å². The lowest BCUT2D eigenvalue weighted by atomic mass is 10.1. The van der Waals surface area contributed by atoms with Crippen molar-refractivity contribution < 1.29 is 13.9 Å². The average molecular weight is 420 g/mol. The van der Waals surface area contributed by atoms with Gasteiger partial charge in [-0.25, -0.2) is 0 Å². The molecule has 4 aromatic rings. The Bertz CT molecular complexity index is 1160. The first-order valence-corrected chi connectivity index (χ1v) is 10.4. The fourth-order valence-corrected chi connectivity index (χ4v) is 3.69. The number of methoxy groups -OCH3 is 1. The summed E-state index contributed by atoms with van der Waals surface area (Å²) in [5.41, 5.74) is 1.80. The number of carbonyl (C=O) groups is 1. The third-order valence-electron chi connectivity index (χ3n) is 4.63. The van der Waals surface area contributed by atoms with Crippen LogP contribution in [0.25, 0.3) is 10.8 Å². The molecule has 1 amide bonds. The number of benzene rings is 3. The van der Waals surface area contributed by atoms with E-state index in [2.05, 4.69) is 15.5 Å². The molecular weight excluding hydrogens is 398 g/mol. The van der Waals surface area contributed by atoms with Crippen LogP contribution in [0.3, 0.4) is 0 Å². The lowest BCUT2D eigenvalue weighted by molar-refractivity contribution is -0.115. The first-order valence-electron chi connectivity index (χ1n) is 9.52. The van der Waals surface area contributed by atoms with Gasteiger partial charge < -0.3 is 14.5 Å². The zero-order chi connectivity index (χ0) is 20.9. The van der Waals surface area contributed by atoms with Gasteiger partial charge >= 0.3 is 0 Å². The molecule has 6 nitrogen and oxygen atoms in total. The van der Waals surface area contributed by atoms with Crippen molar-refractivity contribution in [1.82, 2.24) is 10.2 Å². The van der Waals surface area contributed by atoms with Gasteiger partial charge in [-0.2, -0.15) is 0 Å². The van der Waals surface area contributed by atoms with Crippen LogP contribution < -0.4 is 10.1 Å². The van der Waals surface area contributed by atoms with Crippen molar-refractivity contribution in [3.05, 3.63) is 78.2 Å². The molecule has 0 spiro atoms. The largest absolute Gasteiger partial charge is 0.497 e. The lowest BCUT2D eigenvalue weighted by Crippen LogP contribution is -2.22. The van der Waals surface area contributed by atoms with Gasteiger partial charge in [0.2, 0.25) is 11.8 Å². The monoisotopic (exact) mass is 419 g/mol. The van der Waals surface area contributed by atoms with Crippen molar-refractivity contribution in [3.63, 3.8) is 0 Å². The number of hydrogen-bond acceptors (Lipinski definition) is 6. The number of anilines is 1. The van der Waals surface area contributed by atoms with Crippen molar-refractivity contribution in [3.8, 4) is 5.75 Å². The van der Waals surface area contributed by atoms with Crippen LogP contribution in [0.5, 0.6) is 5.75 Å². The van der Waals surface area contributed by atoms with E-state index < -0.39 is 0 Å². The van der Waals surface area contributed by atoms with E-state index in [1.165, 1.54) is 11.8 Å². The van der Waals surface area contributed by atoms with Crippen LogP contribution in [0.2, 0.25) is 0 Å². The molecule has 0 saturated carbocycles. The molecule has 3 aromatic carbocycles. The fourth-order valence-electron chi connectivity index (χ4n) is 2.99. The van der Waals surface area contributed by atoms with E-state index in [1.807, 2.05) is 73.7 Å². The van der Waals surface area contributed by atoms with Gasteiger partial charge in [0, 0.05) is 5.69 Å². The SMILES string of the molecule is COc1ccc(Cc2nnc(S[C@@H](C)C(=O)Nc3ccc4ccccc4c3)o2)cc1. The minimum Gasteiger partial charge on any atom is -0.497 e. The Balaban J connectivity index is 1.35. The number of carbonyl (C=O) groups excluding carboxylic acids is 1. The number of thioether (sulfide) groups is 1. The summed E-state index contributed by atoms with van der Waals surface area (Å²) in [7, 11) is 1.63. The number of nitrogens with zero attached hydrogens (tertiary/aromatic N) is 2. The Morgan fingerprint density at radius 1 is 1.07 bits per heavy atom. The summed E-state index contributed by atoms with van der Waals surface area (Å²) in [4.78, 5) is 12.6. The summed E-state index contributed by atoms with van der Waals surface area (Å²) in [5, 5.41) is 13.3. The Morgan fingerprint density at radius 2 is 1.83 bits per heavy atom. The molecule has 0 fully saturated rings. The highest BCUT2D eigenvalue weighted by atomic mass is 32.2. The lowest BCUT2D eigenvalue weighted by Gasteiger charge is -2.10. The number of aromatic nitrogens is 2. The predicted molar refractivity (Wildman–Crippen MR) is 118 cm³/mol. The summed E-state index contributed by atoms with van der Waals surface area (Å²) in [6.07, 6.45) is 0.523. The van der Waals surface area contributed by atoms with Gasteiger partial charge in [0.1, 0.15) is 5.75 Å². The molecule has 152 valence electrons. The first kappa shape index (κ1) is 20.0. The normalized spacial score (nSPS) is 11.9. The molecule has 1 aromatic heterocycles. The number of fused-ring (bicyclic) bond motifs is 1. The zero-order valence-electron chi connectivity index (χ0n) is 16.7. The van der Waals surface area contributed by atoms with Gasteiger partial charge in [0.25, 0.3) is 5.22 Å². The third kappa shape index (κ3) is 4.80. The Labute approximate surface area is 178 Å². The molecule has 0 aliphatic rings. The second kappa shape index (κ2) is 9.00. The van der Waals surface area contributed by atoms with E-state index in [9.17, 15) is 4.79 Å². The van der Waals surface area contributed by atoms with Gasteiger partial charge in [0.15, 0.2) is 0 Å². The van der Waals surface area contributed by atoms with Crippen LogP contribution in [0.4, 0.5) is 5.69 Å². The van der Waals surface area contributed by atoms with Crippen LogP contribution in [-0.4, -0.2) is 28.5 Å². The molecule has 0 aliphatic carbocycles. The summed E-state index contributed by atoms with van der Waals surface area (Å²) in [6, 6.07) is 21.6. The molecule has 0 saturated heterocycles. The maximum atomic E-state index is 12.6. The number of amides is 1. The van der Waals surface area contributed by atoms with Crippen LogP contribution in [0.1, 0.15) is 18.4 Å². The van der Waals surface area contributed by atoms with Gasteiger partial charge in [-0.15, -0.1) is 10.2 Å². The van der Waals surface area contributed by atoms with E-state index in [4.69, 9.17) is 9.15 Å². The Kier molecular flexibility index (Phi) is 5.99. The summed E-state index contributed by atoms with van der Waals surface area (Å²) in [5.74, 6) is 1.18. The Morgan fingerprint density at radius 3 is 2.60 bits per heavy atom. The van der Waals surface area contributed by atoms with E-state index in [1.54, 1.807) is 7.11 Å². The van der Waals surface area contributed by atoms with Gasteiger partial charge in [-0.05, 0) is 47.5 Å². The van der Waals surface area contributed by atoms with E-state index in [0.29, 0.717) is 17.5 Å². The second-order valence-electron chi connectivity index (χ2n) is 6.80. The molecule has 1 N–H and O–H groups in total. The quantitative estimate of drug-likeness (QED) is 0.428. The standard InChI is InChI=1S/C23H21N3O3S/c1-15(22(27)24-19-10-9-17-5-3-4-6-18(17)14-19)30-23-26-25-21(29-23)13-16-7-11-20(28-2)12-8-16/h3-12,14-15H,13H2,1-2H3,(H,24,27)/t15-/m0/s1. The average Bonchev–Trinajstić information content (AvgIpc) is 3.20. The predicted octanol–water partition coefficient (Wildman–Crippen LogP) is 4.94. The molecule has 0 aliphatic heterocycles. The highest BCUT2D eigenvalue weighted by molar-refractivity contribution is 8.00. The highest BCUT2D eigenvalue weighted by Gasteiger charge is 2.19. The van der Waals surface area contributed by atoms with Crippen LogP contribution in [0, 0.1) is 0 Å². The molecule has 1 heterocycles. The molecule has 1 atom stereocenters. The van der Waals surface area contributed by atoms with E-state index >= 15 is 0 Å². The number of ether oxygens (including phenoxy) is 1. The van der Waals surface area contributed by atoms with Gasteiger partial charge in [-0.3, -0.25) is 4.79 Å².